The molecular weight excluding hydrogens is 511 g/mol. The first-order chi connectivity index (χ1) is 14.7. The topological polar surface area (TPSA) is 36.9 Å². The zero-order valence-electron chi connectivity index (χ0n) is 18.7. The Morgan fingerprint density at radius 1 is 0.933 bits per heavy atom. The van der Waals surface area contributed by atoms with Crippen LogP contribution in [-0.4, -0.2) is 58.4 Å². The molecule has 0 bridgehead atoms. The summed E-state index contributed by atoms with van der Waals surface area (Å²) in [5.74, 6) is 3.54. The molecule has 1 aliphatic carbocycles. The van der Waals surface area contributed by atoms with Gasteiger partial charge in [-0.05, 0) is 6.42 Å². The predicted octanol–water partition coefficient (Wildman–Crippen LogP) is 1.86. The molecule has 0 spiro atoms. The fourth-order valence-corrected chi connectivity index (χ4v) is 9.21. The van der Waals surface area contributed by atoms with Crippen molar-refractivity contribution in [3.8, 4) is 0 Å². The Kier molecular flexibility index (Phi) is 9.69. The van der Waals surface area contributed by atoms with Crippen LogP contribution in [0.4, 0.5) is 0 Å². The van der Waals surface area contributed by atoms with Gasteiger partial charge in [0, 0.05) is 5.25 Å². The zero-order valence-corrected chi connectivity index (χ0v) is 21.7. The molecule has 3 saturated heterocycles. The van der Waals surface area contributed by atoms with Gasteiger partial charge in [-0.3, -0.25) is 0 Å². The van der Waals surface area contributed by atoms with E-state index >= 15 is 0 Å². The summed E-state index contributed by atoms with van der Waals surface area (Å²) in [5.41, 5.74) is 1.58. The molecule has 0 amide bonds. The molecule has 4 nitrogen and oxygen atoms in total. The summed E-state index contributed by atoms with van der Waals surface area (Å²) >= 11 is 2.29. The van der Waals surface area contributed by atoms with Crippen molar-refractivity contribution in [2.24, 2.45) is 17.8 Å². The summed E-state index contributed by atoms with van der Waals surface area (Å²) in [6.07, 6.45) is 10.7. The molecule has 3 heterocycles. The van der Waals surface area contributed by atoms with Crippen LogP contribution in [0.15, 0.2) is 11.6 Å². The maximum absolute atomic E-state index is 6.05. The molecule has 0 saturated carbocycles. The summed E-state index contributed by atoms with van der Waals surface area (Å²) in [6, 6.07) is 0. The normalized spacial score (nSPS) is 40.9. The van der Waals surface area contributed by atoms with E-state index in [1.165, 1.54) is 42.3 Å². The molecule has 3 aliphatic heterocycles. The van der Waals surface area contributed by atoms with Gasteiger partial charge in [-0.2, -0.15) is 11.8 Å². The molecular formula is C24H40IO4S-. The number of rotatable bonds is 7. The number of allylic oxidation sites excluding steroid dienone is 2. The number of thioether (sulfide) groups is 1. The summed E-state index contributed by atoms with van der Waals surface area (Å²) in [5, 5.41) is 0.824. The molecule has 3 unspecified atom stereocenters. The van der Waals surface area contributed by atoms with Gasteiger partial charge >= 0.3 is 168 Å². The molecule has 3 atom stereocenters. The molecule has 0 aromatic heterocycles. The van der Waals surface area contributed by atoms with Crippen LogP contribution in [0.25, 0.3) is 0 Å². The summed E-state index contributed by atoms with van der Waals surface area (Å²) in [4.78, 5) is 0. The molecule has 0 aromatic carbocycles. The number of alkyl halides is 2. The summed E-state index contributed by atoms with van der Waals surface area (Å²) in [6.45, 7) is 8.13. The molecule has 174 valence electrons. The first-order valence-electron chi connectivity index (χ1n) is 12.0. The van der Waals surface area contributed by atoms with Gasteiger partial charge in [0.15, 0.2) is 0 Å². The standard InChI is InChI=1S/C24H40IO4S/c1-17-3-6-19(7-4-17)11-25-22-14-28-24(29-15-22)10-9-23-26-12-21(13-27-23)20-8-5-18(2)30-16-20/h3,18-24H,4-16H2,1-2H3/q-1. The summed E-state index contributed by atoms with van der Waals surface area (Å²) < 4.78 is 26.3. The van der Waals surface area contributed by atoms with Gasteiger partial charge in [0.1, 0.15) is 0 Å². The van der Waals surface area contributed by atoms with E-state index < -0.39 is 0 Å². The molecule has 30 heavy (non-hydrogen) atoms. The van der Waals surface area contributed by atoms with Crippen LogP contribution in [-0.2, 0) is 18.9 Å². The van der Waals surface area contributed by atoms with Crippen molar-refractivity contribution in [3.63, 3.8) is 0 Å². The van der Waals surface area contributed by atoms with E-state index in [1.807, 2.05) is 0 Å². The average molecular weight is 552 g/mol. The molecule has 0 aromatic rings. The Bertz CT molecular complexity index is 535. The van der Waals surface area contributed by atoms with Crippen LogP contribution in [0.2, 0.25) is 0 Å². The summed E-state index contributed by atoms with van der Waals surface area (Å²) in [7, 11) is 0. The van der Waals surface area contributed by atoms with E-state index in [4.69, 9.17) is 18.9 Å². The number of ether oxygens (including phenoxy) is 4. The maximum atomic E-state index is 6.05. The van der Waals surface area contributed by atoms with Crippen LogP contribution in [0.3, 0.4) is 0 Å². The third kappa shape index (κ3) is 7.34. The Labute approximate surface area is 197 Å². The van der Waals surface area contributed by atoms with Crippen molar-refractivity contribution in [1.82, 2.24) is 0 Å². The van der Waals surface area contributed by atoms with Crippen molar-refractivity contribution in [2.75, 3.05) is 36.6 Å². The van der Waals surface area contributed by atoms with Gasteiger partial charge in [0.2, 0.25) is 0 Å². The molecule has 4 rings (SSSR count). The van der Waals surface area contributed by atoms with E-state index in [2.05, 4.69) is 31.7 Å². The molecule has 3 fully saturated rings. The third-order valence-corrected chi connectivity index (χ3v) is 12.2. The molecule has 4 aliphatic rings. The van der Waals surface area contributed by atoms with Crippen molar-refractivity contribution in [3.05, 3.63) is 11.6 Å². The quantitative estimate of drug-likeness (QED) is 0.275. The number of hydrogen-bond donors (Lipinski definition) is 0. The van der Waals surface area contributed by atoms with E-state index in [0.717, 1.165) is 56.4 Å². The Morgan fingerprint density at radius 2 is 1.63 bits per heavy atom. The SMILES string of the molecule is CC1=CCC(C[I-]C2COC(CCC3OCC(C4CCC(C)SC4)CO3)OC2)CC1. The van der Waals surface area contributed by atoms with Gasteiger partial charge in [-0.25, -0.2) is 0 Å². The Morgan fingerprint density at radius 3 is 2.23 bits per heavy atom. The van der Waals surface area contributed by atoms with Gasteiger partial charge in [-0.15, -0.1) is 0 Å². The van der Waals surface area contributed by atoms with Crippen molar-refractivity contribution in [1.29, 1.82) is 0 Å². The van der Waals surface area contributed by atoms with E-state index in [0.29, 0.717) is 9.84 Å². The second-order valence-electron chi connectivity index (χ2n) is 9.61. The van der Waals surface area contributed by atoms with Crippen LogP contribution in [0, 0.1) is 17.8 Å². The van der Waals surface area contributed by atoms with Crippen molar-refractivity contribution in [2.45, 2.75) is 80.5 Å². The molecule has 0 N–H and O–H groups in total. The van der Waals surface area contributed by atoms with Crippen molar-refractivity contribution < 1.29 is 40.2 Å². The van der Waals surface area contributed by atoms with Crippen LogP contribution >= 0.6 is 11.8 Å². The van der Waals surface area contributed by atoms with Gasteiger partial charge in [0.05, 0.1) is 0 Å². The molecule has 6 heteroatoms. The van der Waals surface area contributed by atoms with Crippen LogP contribution in [0.5, 0.6) is 0 Å². The van der Waals surface area contributed by atoms with Gasteiger partial charge in [-0.1, -0.05) is 6.92 Å². The predicted molar refractivity (Wildman–Crippen MR) is 119 cm³/mol. The number of hydrogen-bond acceptors (Lipinski definition) is 5. The fourth-order valence-electron chi connectivity index (χ4n) is 4.73. The first kappa shape index (κ1) is 23.8. The average Bonchev–Trinajstić information content (AvgIpc) is 2.79. The first-order valence-corrected chi connectivity index (χ1v) is 15.8. The van der Waals surface area contributed by atoms with Gasteiger partial charge < -0.3 is 0 Å². The molecule has 0 radical (unpaired) electrons. The minimum atomic E-state index is -0.0726. The van der Waals surface area contributed by atoms with E-state index in [9.17, 15) is 0 Å². The third-order valence-electron chi connectivity index (χ3n) is 7.03. The minimum absolute atomic E-state index is 0.0633. The van der Waals surface area contributed by atoms with Crippen molar-refractivity contribution >= 4 is 11.8 Å². The second kappa shape index (κ2) is 12.2. The monoisotopic (exact) mass is 551 g/mol. The van der Waals surface area contributed by atoms with E-state index in [1.54, 1.807) is 5.57 Å². The number of halogens is 1. The Balaban J connectivity index is 1.05. The van der Waals surface area contributed by atoms with Gasteiger partial charge in [0.25, 0.3) is 0 Å². The Hall–Kier alpha value is 0.660. The zero-order chi connectivity index (χ0) is 20.8. The van der Waals surface area contributed by atoms with Crippen LogP contribution < -0.4 is 21.2 Å². The fraction of sp³-hybridized carbons (Fsp3) is 0.917. The van der Waals surface area contributed by atoms with Crippen LogP contribution in [0.1, 0.15) is 58.8 Å². The second-order valence-corrected chi connectivity index (χ2v) is 14.6. The van der Waals surface area contributed by atoms with E-state index in [-0.39, 0.29) is 33.8 Å².